The number of nitrogens with zero attached hydrogens (tertiary/aromatic N) is 4. The van der Waals surface area contributed by atoms with Gasteiger partial charge in [-0.25, -0.2) is 0 Å². The molecule has 3 saturated heterocycles. The third kappa shape index (κ3) is 2.40. The van der Waals surface area contributed by atoms with E-state index in [1.165, 1.54) is 0 Å². The van der Waals surface area contributed by atoms with Gasteiger partial charge >= 0.3 is 0 Å². The Hall–Kier alpha value is -0.980. The average Bonchev–Trinajstić information content (AvgIpc) is 2.90. The maximum Gasteiger partial charge on any atom is 0.232 e. The summed E-state index contributed by atoms with van der Waals surface area (Å²) in [7, 11) is 0. The van der Waals surface area contributed by atoms with Gasteiger partial charge in [-0.15, -0.1) is 0 Å². The molecule has 4 rings (SSSR count). The lowest BCUT2D eigenvalue weighted by molar-refractivity contribution is 0.00781. The number of hydrogen-bond acceptors (Lipinski definition) is 6. The van der Waals surface area contributed by atoms with Crippen LogP contribution in [0, 0.1) is 0 Å². The van der Waals surface area contributed by atoms with E-state index in [9.17, 15) is 5.11 Å². The van der Waals surface area contributed by atoms with Gasteiger partial charge in [0.1, 0.15) is 0 Å². The van der Waals surface area contributed by atoms with Gasteiger partial charge in [0.05, 0.1) is 18.1 Å². The normalized spacial score (nSPS) is 33.3. The van der Waals surface area contributed by atoms with Gasteiger partial charge in [-0.1, -0.05) is 12.1 Å². The van der Waals surface area contributed by atoms with Gasteiger partial charge in [-0.2, -0.15) is 4.98 Å². The van der Waals surface area contributed by atoms with E-state index >= 15 is 0 Å². The minimum atomic E-state index is -0.454. The number of piperazine rings is 3. The highest BCUT2D eigenvalue weighted by atomic mass is 16.5. The van der Waals surface area contributed by atoms with E-state index in [1.54, 1.807) is 6.92 Å². The second-order valence-corrected chi connectivity index (χ2v) is 5.60. The van der Waals surface area contributed by atoms with Crippen LogP contribution in [0.5, 0.6) is 0 Å². The summed E-state index contributed by atoms with van der Waals surface area (Å²) in [4.78, 5) is 9.42. The fraction of sp³-hybridized carbons (Fsp3) is 0.846. The first-order valence-electron chi connectivity index (χ1n) is 7.17. The third-order valence-electron chi connectivity index (χ3n) is 4.37. The van der Waals surface area contributed by atoms with Crippen molar-refractivity contribution in [1.29, 1.82) is 0 Å². The van der Waals surface area contributed by atoms with Crippen LogP contribution >= 0.6 is 0 Å². The molecule has 3 aliphatic rings. The van der Waals surface area contributed by atoms with Crippen molar-refractivity contribution in [2.75, 3.05) is 32.7 Å². The van der Waals surface area contributed by atoms with E-state index in [0.29, 0.717) is 5.89 Å². The molecule has 19 heavy (non-hydrogen) atoms. The zero-order valence-electron chi connectivity index (χ0n) is 11.6. The Morgan fingerprint density at radius 1 is 1.37 bits per heavy atom. The Morgan fingerprint density at radius 2 is 2.11 bits per heavy atom. The lowest BCUT2D eigenvalue weighted by Gasteiger charge is -2.46. The van der Waals surface area contributed by atoms with Gasteiger partial charge in [0, 0.05) is 32.7 Å². The number of rotatable bonds is 4. The van der Waals surface area contributed by atoms with Gasteiger partial charge in [-0.3, -0.25) is 9.80 Å². The first-order chi connectivity index (χ1) is 9.19. The molecule has 6 heteroatoms. The second-order valence-electron chi connectivity index (χ2n) is 5.60. The van der Waals surface area contributed by atoms with Crippen LogP contribution in [-0.2, 0) is 0 Å². The number of aliphatic hydroxyl groups is 1. The first-order valence-corrected chi connectivity index (χ1v) is 7.17. The molecule has 1 aromatic heterocycles. The summed E-state index contributed by atoms with van der Waals surface area (Å²) in [5.74, 6) is 1.29. The van der Waals surface area contributed by atoms with Crippen molar-refractivity contribution in [3.63, 3.8) is 0 Å². The predicted octanol–water partition coefficient (Wildman–Crippen LogP) is 0.616. The van der Waals surface area contributed by atoms with Gasteiger partial charge < -0.3 is 9.63 Å². The van der Waals surface area contributed by atoms with Crippen molar-refractivity contribution >= 4 is 0 Å². The van der Waals surface area contributed by atoms with E-state index in [2.05, 4.69) is 19.9 Å². The van der Waals surface area contributed by atoms with Gasteiger partial charge in [0.2, 0.25) is 5.89 Å². The minimum Gasteiger partial charge on any atom is -0.393 e. The molecule has 0 aromatic carbocycles. The van der Waals surface area contributed by atoms with Gasteiger partial charge in [0.25, 0.3) is 0 Å². The summed E-state index contributed by atoms with van der Waals surface area (Å²) in [6, 6.07) is 0.256. The number of aliphatic hydroxyl groups excluding tert-OH is 1. The van der Waals surface area contributed by atoms with Gasteiger partial charge in [0.15, 0.2) is 5.82 Å². The number of aromatic nitrogens is 2. The summed E-state index contributed by atoms with van der Waals surface area (Å²) < 4.78 is 5.37. The highest BCUT2D eigenvalue weighted by molar-refractivity contribution is 5.04. The topological polar surface area (TPSA) is 65.6 Å². The zero-order chi connectivity index (χ0) is 13.4. The maximum absolute atomic E-state index is 9.74. The smallest absolute Gasteiger partial charge is 0.232 e. The van der Waals surface area contributed by atoms with Gasteiger partial charge in [-0.05, 0) is 13.3 Å². The zero-order valence-corrected chi connectivity index (χ0v) is 11.6. The fourth-order valence-corrected chi connectivity index (χ4v) is 3.12. The predicted molar refractivity (Wildman–Crippen MR) is 69.8 cm³/mol. The Kier molecular flexibility index (Phi) is 3.56. The monoisotopic (exact) mass is 266 g/mol. The van der Waals surface area contributed by atoms with Crippen LogP contribution in [0.4, 0.5) is 0 Å². The van der Waals surface area contributed by atoms with Crippen LogP contribution in [0.3, 0.4) is 0 Å². The van der Waals surface area contributed by atoms with E-state index < -0.39 is 6.10 Å². The molecule has 0 aliphatic carbocycles. The standard InChI is InChI=1S/C13H22N4O2/c1-3-10(9(2)18)13-14-12(15-19-13)11-8-16-4-6-17(11)7-5-16/h9-11,18H,3-8H2,1-2H3. The molecule has 3 fully saturated rings. The Morgan fingerprint density at radius 3 is 2.63 bits per heavy atom. The van der Waals surface area contributed by atoms with E-state index in [-0.39, 0.29) is 12.0 Å². The van der Waals surface area contributed by atoms with Crippen molar-refractivity contribution in [2.24, 2.45) is 0 Å². The molecule has 106 valence electrons. The molecular weight excluding hydrogens is 244 g/mol. The Balaban J connectivity index is 1.77. The van der Waals surface area contributed by atoms with E-state index in [1.807, 2.05) is 6.92 Å². The average molecular weight is 266 g/mol. The Bertz CT molecular complexity index is 426. The molecule has 1 aromatic rings. The molecule has 0 spiro atoms. The molecule has 0 radical (unpaired) electrons. The van der Waals surface area contributed by atoms with Crippen molar-refractivity contribution in [1.82, 2.24) is 19.9 Å². The van der Waals surface area contributed by atoms with Crippen LogP contribution in [0.25, 0.3) is 0 Å². The molecule has 2 bridgehead atoms. The van der Waals surface area contributed by atoms with Crippen LogP contribution in [0.1, 0.15) is 43.9 Å². The van der Waals surface area contributed by atoms with E-state index in [0.717, 1.165) is 45.0 Å². The van der Waals surface area contributed by atoms with Crippen molar-refractivity contribution in [2.45, 2.75) is 38.3 Å². The minimum absolute atomic E-state index is 0.0580. The largest absolute Gasteiger partial charge is 0.393 e. The van der Waals surface area contributed by atoms with Crippen LogP contribution < -0.4 is 0 Å². The summed E-state index contributed by atoms with van der Waals surface area (Å²) in [6.07, 6.45) is 0.352. The van der Waals surface area contributed by atoms with Crippen LogP contribution in [0.2, 0.25) is 0 Å². The summed E-state index contributed by atoms with van der Waals surface area (Å²) in [6.45, 7) is 9.25. The second kappa shape index (κ2) is 5.19. The van der Waals surface area contributed by atoms with Crippen molar-refractivity contribution in [3.05, 3.63) is 11.7 Å². The van der Waals surface area contributed by atoms with Crippen LogP contribution in [-0.4, -0.2) is 63.9 Å². The van der Waals surface area contributed by atoms with Crippen molar-refractivity contribution in [3.8, 4) is 0 Å². The first kappa shape index (κ1) is 13.0. The maximum atomic E-state index is 9.74. The van der Waals surface area contributed by atoms with Crippen molar-refractivity contribution < 1.29 is 9.63 Å². The molecule has 3 aliphatic heterocycles. The van der Waals surface area contributed by atoms with Crippen LogP contribution in [0.15, 0.2) is 4.52 Å². The summed E-state index contributed by atoms with van der Waals surface area (Å²) in [5.41, 5.74) is 0. The lowest BCUT2D eigenvalue weighted by atomic mass is 10.0. The molecule has 0 saturated carbocycles. The quantitative estimate of drug-likeness (QED) is 0.861. The third-order valence-corrected chi connectivity index (χ3v) is 4.37. The molecular formula is C13H22N4O2. The highest BCUT2D eigenvalue weighted by Gasteiger charge is 2.36. The lowest BCUT2D eigenvalue weighted by Crippen LogP contribution is -2.57. The molecule has 4 heterocycles. The number of hydrogen-bond donors (Lipinski definition) is 1. The highest BCUT2D eigenvalue weighted by Crippen LogP contribution is 2.29. The summed E-state index contributed by atoms with van der Waals surface area (Å²) >= 11 is 0. The number of fused-ring (bicyclic) bond motifs is 3. The Labute approximate surface area is 113 Å². The molecule has 0 amide bonds. The van der Waals surface area contributed by atoms with E-state index in [4.69, 9.17) is 4.52 Å². The molecule has 6 nitrogen and oxygen atoms in total. The SMILES string of the molecule is CCC(c1nc(C2CN3CCN2CC3)no1)C(C)O. The molecule has 1 N–H and O–H groups in total. The molecule has 3 unspecified atom stereocenters. The fourth-order valence-electron chi connectivity index (χ4n) is 3.12. The summed E-state index contributed by atoms with van der Waals surface area (Å²) in [5, 5.41) is 13.9. The molecule has 3 atom stereocenters.